The molecule has 2 heterocycles. The van der Waals surface area contributed by atoms with E-state index in [0.29, 0.717) is 18.8 Å². The second-order valence-corrected chi connectivity index (χ2v) is 4.82. The van der Waals surface area contributed by atoms with Gasteiger partial charge < -0.3 is 9.80 Å². The average molecular weight is 298 g/mol. The van der Waals surface area contributed by atoms with Gasteiger partial charge in [0.2, 0.25) is 5.91 Å². The SMILES string of the molecule is CN1CCN(C(=O)c2ccc(Br)cn2)CC1=O. The van der Waals surface area contributed by atoms with Crippen molar-refractivity contribution in [2.45, 2.75) is 0 Å². The molecule has 0 atom stereocenters. The van der Waals surface area contributed by atoms with Crippen LogP contribution in [0.2, 0.25) is 0 Å². The van der Waals surface area contributed by atoms with Crippen molar-refractivity contribution in [1.82, 2.24) is 14.8 Å². The van der Waals surface area contributed by atoms with Crippen molar-refractivity contribution in [3.8, 4) is 0 Å². The van der Waals surface area contributed by atoms with E-state index in [2.05, 4.69) is 20.9 Å². The van der Waals surface area contributed by atoms with Gasteiger partial charge in [-0.2, -0.15) is 0 Å². The highest BCUT2D eigenvalue weighted by atomic mass is 79.9. The Balaban J connectivity index is 2.10. The molecule has 0 saturated carbocycles. The van der Waals surface area contributed by atoms with Gasteiger partial charge in [0.05, 0.1) is 0 Å². The molecule has 0 unspecified atom stereocenters. The van der Waals surface area contributed by atoms with Crippen LogP contribution in [0.4, 0.5) is 0 Å². The van der Waals surface area contributed by atoms with Crippen LogP contribution in [0.5, 0.6) is 0 Å². The monoisotopic (exact) mass is 297 g/mol. The summed E-state index contributed by atoms with van der Waals surface area (Å²) in [5.74, 6) is -0.235. The summed E-state index contributed by atoms with van der Waals surface area (Å²) in [4.78, 5) is 30.7. The minimum absolute atomic E-state index is 0.0401. The number of likely N-dealkylation sites (N-methyl/N-ethyl adjacent to an activating group) is 1. The largest absolute Gasteiger partial charge is 0.342 e. The molecule has 0 spiro atoms. The molecule has 1 aromatic rings. The summed E-state index contributed by atoms with van der Waals surface area (Å²) < 4.78 is 0.823. The maximum Gasteiger partial charge on any atom is 0.272 e. The molecule has 0 bridgehead atoms. The number of aromatic nitrogens is 1. The van der Waals surface area contributed by atoms with Gasteiger partial charge in [-0.1, -0.05) is 0 Å². The Labute approximate surface area is 108 Å². The number of halogens is 1. The summed E-state index contributed by atoms with van der Waals surface area (Å²) in [5.41, 5.74) is 0.366. The van der Waals surface area contributed by atoms with Crippen LogP contribution >= 0.6 is 15.9 Å². The lowest BCUT2D eigenvalue weighted by atomic mass is 10.2. The normalized spacial score (nSPS) is 16.2. The van der Waals surface area contributed by atoms with Gasteiger partial charge in [-0.15, -0.1) is 0 Å². The van der Waals surface area contributed by atoms with Gasteiger partial charge in [-0.25, -0.2) is 4.98 Å². The molecule has 0 radical (unpaired) electrons. The topological polar surface area (TPSA) is 53.5 Å². The molecule has 6 heteroatoms. The molecule has 17 heavy (non-hydrogen) atoms. The Kier molecular flexibility index (Phi) is 3.42. The number of hydrogen-bond donors (Lipinski definition) is 0. The smallest absolute Gasteiger partial charge is 0.272 e. The van der Waals surface area contributed by atoms with Gasteiger partial charge in [0.15, 0.2) is 0 Å². The zero-order chi connectivity index (χ0) is 12.4. The maximum absolute atomic E-state index is 12.0. The molecule has 5 nitrogen and oxygen atoms in total. The van der Waals surface area contributed by atoms with Crippen molar-refractivity contribution in [2.75, 3.05) is 26.7 Å². The second-order valence-electron chi connectivity index (χ2n) is 3.90. The Morgan fingerprint density at radius 3 is 2.76 bits per heavy atom. The molecular formula is C11H12BrN3O2. The third kappa shape index (κ3) is 2.63. The van der Waals surface area contributed by atoms with Crippen LogP contribution in [0.3, 0.4) is 0 Å². The third-order valence-corrected chi connectivity index (χ3v) is 3.16. The number of hydrogen-bond acceptors (Lipinski definition) is 3. The van der Waals surface area contributed by atoms with Gasteiger partial charge in [-0.3, -0.25) is 9.59 Å². The van der Waals surface area contributed by atoms with Crippen molar-refractivity contribution in [1.29, 1.82) is 0 Å². The minimum Gasteiger partial charge on any atom is -0.342 e. The number of piperazine rings is 1. The van der Waals surface area contributed by atoms with Crippen molar-refractivity contribution >= 4 is 27.7 Å². The molecule has 0 N–H and O–H groups in total. The van der Waals surface area contributed by atoms with Crippen LogP contribution in [0.1, 0.15) is 10.5 Å². The molecule has 0 aromatic carbocycles. The molecule has 2 amide bonds. The van der Waals surface area contributed by atoms with Crippen molar-refractivity contribution < 1.29 is 9.59 Å². The van der Waals surface area contributed by atoms with Crippen LogP contribution in [0.25, 0.3) is 0 Å². The Morgan fingerprint density at radius 2 is 2.18 bits per heavy atom. The standard InChI is InChI=1S/C11H12BrN3O2/c1-14-4-5-15(7-10(14)16)11(17)9-3-2-8(12)6-13-9/h2-3,6H,4-5,7H2,1H3. The number of pyridine rings is 1. The lowest BCUT2D eigenvalue weighted by Gasteiger charge is -2.31. The van der Waals surface area contributed by atoms with Gasteiger partial charge in [0.25, 0.3) is 5.91 Å². The van der Waals surface area contributed by atoms with E-state index in [4.69, 9.17) is 0 Å². The summed E-state index contributed by atoms with van der Waals surface area (Å²) in [6, 6.07) is 3.41. The molecule has 90 valence electrons. The van der Waals surface area contributed by atoms with E-state index in [1.54, 1.807) is 30.3 Å². The van der Waals surface area contributed by atoms with Crippen LogP contribution in [-0.4, -0.2) is 53.3 Å². The van der Waals surface area contributed by atoms with Crippen molar-refractivity contribution in [3.63, 3.8) is 0 Å². The molecule has 1 saturated heterocycles. The fraction of sp³-hybridized carbons (Fsp3) is 0.364. The first-order chi connectivity index (χ1) is 8.08. The third-order valence-electron chi connectivity index (χ3n) is 2.69. The predicted molar refractivity (Wildman–Crippen MR) is 65.5 cm³/mol. The zero-order valence-electron chi connectivity index (χ0n) is 9.39. The van der Waals surface area contributed by atoms with Crippen LogP contribution < -0.4 is 0 Å². The maximum atomic E-state index is 12.0. The molecule has 1 aliphatic rings. The summed E-state index contributed by atoms with van der Waals surface area (Å²) in [6.45, 7) is 1.26. The lowest BCUT2D eigenvalue weighted by molar-refractivity contribution is -0.133. The van der Waals surface area contributed by atoms with Gasteiger partial charge in [0.1, 0.15) is 12.2 Å². The fourth-order valence-electron chi connectivity index (χ4n) is 1.60. The number of carbonyl (C=O) groups excluding carboxylic acids is 2. The lowest BCUT2D eigenvalue weighted by Crippen LogP contribution is -2.50. The Morgan fingerprint density at radius 1 is 1.41 bits per heavy atom. The molecule has 1 aromatic heterocycles. The minimum atomic E-state index is -0.195. The highest BCUT2D eigenvalue weighted by Gasteiger charge is 2.26. The van der Waals surface area contributed by atoms with Gasteiger partial charge in [0, 0.05) is 30.8 Å². The molecule has 0 aliphatic carbocycles. The van der Waals surface area contributed by atoms with E-state index >= 15 is 0 Å². The highest BCUT2D eigenvalue weighted by Crippen LogP contribution is 2.10. The first-order valence-corrected chi connectivity index (χ1v) is 6.02. The van der Waals surface area contributed by atoms with Crippen molar-refractivity contribution in [2.24, 2.45) is 0 Å². The van der Waals surface area contributed by atoms with E-state index in [-0.39, 0.29) is 18.4 Å². The van der Waals surface area contributed by atoms with Crippen LogP contribution in [0.15, 0.2) is 22.8 Å². The Hall–Kier alpha value is -1.43. The van der Waals surface area contributed by atoms with Gasteiger partial charge in [-0.05, 0) is 28.1 Å². The molecular weight excluding hydrogens is 286 g/mol. The number of rotatable bonds is 1. The van der Waals surface area contributed by atoms with Crippen molar-refractivity contribution in [3.05, 3.63) is 28.5 Å². The van der Waals surface area contributed by atoms with E-state index in [1.165, 1.54) is 4.90 Å². The van der Waals surface area contributed by atoms with E-state index in [0.717, 1.165) is 4.47 Å². The first kappa shape index (κ1) is 12.0. The zero-order valence-corrected chi connectivity index (χ0v) is 11.0. The summed E-state index contributed by atoms with van der Waals surface area (Å²) in [7, 11) is 1.74. The number of carbonyl (C=O) groups is 2. The molecule has 1 aliphatic heterocycles. The quantitative estimate of drug-likeness (QED) is 0.769. The summed E-state index contributed by atoms with van der Waals surface area (Å²) >= 11 is 3.26. The summed E-state index contributed by atoms with van der Waals surface area (Å²) in [5, 5.41) is 0. The average Bonchev–Trinajstić information content (AvgIpc) is 2.33. The van der Waals surface area contributed by atoms with Gasteiger partial charge >= 0.3 is 0 Å². The molecule has 1 fully saturated rings. The second kappa shape index (κ2) is 4.83. The fourth-order valence-corrected chi connectivity index (χ4v) is 1.83. The molecule has 2 rings (SSSR count). The van der Waals surface area contributed by atoms with E-state index in [9.17, 15) is 9.59 Å². The highest BCUT2D eigenvalue weighted by molar-refractivity contribution is 9.10. The van der Waals surface area contributed by atoms with Crippen LogP contribution in [-0.2, 0) is 4.79 Å². The number of nitrogens with zero attached hydrogens (tertiary/aromatic N) is 3. The Bertz CT molecular complexity index is 447. The number of amides is 2. The van der Waals surface area contributed by atoms with Crippen LogP contribution in [0, 0.1) is 0 Å². The first-order valence-electron chi connectivity index (χ1n) is 5.23. The predicted octanol–water partition coefficient (Wildman–Crippen LogP) is 0.758. The van der Waals surface area contributed by atoms with E-state index in [1.807, 2.05) is 0 Å². The summed E-state index contributed by atoms with van der Waals surface area (Å²) in [6.07, 6.45) is 1.57. The van der Waals surface area contributed by atoms with E-state index < -0.39 is 0 Å².